The first kappa shape index (κ1) is 32.4. The van der Waals surface area contributed by atoms with E-state index in [9.17, 15) is 9.90 Å². The van der Waals surface area contributed by atoms with Crippen molar-refractivity contribution in [3.63, 3.8) is 0 Å². The van der Waals surface area contributed by atoms with Crippen molar-refractivity contribution in [2.24, 2.45) is 0 Å². The van der Waals surface area contributed by atoms with Gasteiger partial charge in [0.2, 0.25) is 6.41 Å². The molecule has 1 unspecified atom stereocenters. The van der Waals surface area contributed by atoms with Crippen LogP contribution in [0.2, 0.25) is 0 Å². The van der Waals surface area contributed by atoms with Gasteiger partial charge in [0.1, 0.15) is 35.2 Å². The number of rotatable bonds is 11. The van der Waals surface area contributed by atoms with Crippen molar-refractivity contribution in [1.29, 1.82) is 0 Å². The standard InChI is InChI=1S/C36H42F2N6O4/c1-35(40-22-45)10-4-13-43(20-35)33-27-19-39-31(26-18-24(46)17-23-8-9-28(37)25(29(23)26)7-3-16-47-2)30(38)32(27)41-34(42-33)48-21-36-11-5-14-44(36)15-6-12-36/h8-9,17-19,22,46H,3-7,10-16,20-21H2,1-2H3,(H,40,45). The van der Waals surface area contributed by atoms with E-state index in [4.69, 9.17) is 14.5 Å². The van der Waals surface area contributed by atoms with E-state index >= 15 is 8.78 Å². The Labute approximate surface area is 278 Å². The van der Waals surface area contributed by atoms with E-state index in [2.05, 4.69) is 20.2 Å². The fraction of sp³-hybridized carbons (Fsp3) is 0.500. The summed E-state index contributed by atoms with van der Waals surface area (Å²) in [5.41, 5.74) is 0.0754. The molecule has 3 aliphatic heterocycles. The van der Waals surface area contributed by atoms with Gasteiger partial charge in [-0.1, -0.05) is 6.07 Å². The van der Waals surface area contributed by atoms with Crippen LogP contribution in [0.25, 0.3) is 32.9 Å². The molecule has 0 spiro atoms. The molecule has 48 heavy (non-hydrogen) atoms. The molecule has 1 amide bonds. The van der Waals surface area contributed by atoms with Gasteiger partial charge in [-0.05, 0) is 106 Å². The molecule has 0 bridgehead atoms. The quantitative estimate of drug-likeness (QED) is 0.159. The fourth-order valence-electron chi connectivity index (χ4n) is 8.18. The highest BCUT2D eigenvalue weighted by Crippen LogP contribution is 2.41. The number of methoxy groups -OCH3 is 1. The molecule has 0 saturated carbocycles. The first-order valence-electron chi connectivity index (χ1n) is 16.9. The zero-order valence-corrected chi connectivity index (χ0v) is 27.5. The van der Waals surface area contributed by atoms with Gasteiger partial charge >= 0.3 is 6.01 Å². The summed E-state index contributed by atoms with van der Waals surface area (Å²) in [6, 6.07) is 5.98. The summed E-state index contributed by atoms with van der Waals surface area (Å²) in [4.78, 5) is 30.0. The van der Waals surface area contributed by atoms with Gasteiger partial charge in [0.25, 0.3) is 0 Å². The molecule has 2 aromatic carbocycles. The lowest BCUT2D eigenvalue weighted by molar-refractivity contribution is -0.111. The molecular formula is C36H42F2N6O4. The molecule has 10 nitrogen and oxygen atoms in total. The third kappa shape index (κ3) is 5.89. The number of ether oxygens (including phenoxy) is 2. The predicted molar refractivity (Wildman–Crippen MR) is 179 cm³/mol. The molecule has 1 atom stereocenters. The van der Waals surface area contributed by atoms with Crippen LogP contribution in [0.3, 0.4) is 0 Å². The molecule has 5 heterocycles. The average Bonchev–Trinajstić information content (AvgIpc) is 3.65. The number of carbonyl (C=O) groups is 1. The van der Waals surface area contributed by atoms with Gasteiger partial charge in [-0.2, -0.15) is 9.97 Å². The molecule has 0 aliphatic carbocycles. The molecule has 3 fully saturated rings. The third-order valence-electron chi connectivity index (χ3n) is 10.5. The smallest absolute Gasteiger partial charge is 0.319 e. The van der Waals surface area contributed by atoms with Crippen LogP contribution >= 0.6 is 0 Å². The Bertz CT molecular complexity index is 1850. The number of nitrogens with zero attached hydrogens (tertiary/aromatic N) is 5. The number of phenolic OH excluding ortho intramolecular Hbond substituents is 1. The molecular weight excluding hydrogens is 618 g/mol. The van der Waals surface area contributed by atoms with Gasteiger partial charge in [0.15, 0.2) is 5.82 Å². The topological polar surface area (TPSA) is 113 Å². The minimum Gasteiger partial charge on any atom is -0.508 e. The number of aryl methyl sites for hydroxylation is 1. The van der Waals surface area contributed by atoms with Crippen LogP contribution in [0, 0.1) is 11.6 Å². The highest BCUT2D eigenvalue weighted by atomic mass is 19.1. The second-order valence-electron chi connectivity index (χ2n) is 13.8. The highest BCUT2D eigenvalue weighted by molar-refractivity contribution is 6.01. The molecule has 4 aromatic rings. The molecule has 2 N–H and O–H groups in total. The molecule has 3 aliphatic rings. The van der Waals surface area contributed by atoms with E-state index in [0.717, 1.165) is 51.6 Å². The lowest BCUT2D eigenvalue weighted by Crippen LogP contribution is -2.55. The maximum absolute atomic E-state index is 17.0. The number of piperidine rings is 1. The number of benzene rings is 2. The Morgan fingerprint density at radius 3 is 2.65 bits per heavy atom. The molecule has 254 valence electrons. The summed E-state index contributed by atoms with van der Waals surface area (Å²) in [5, 5.41) is 15.1. The van der Waals surface area contributed by atoms with Gasteiger partial charge in [-0.15, -0.1) is 0 Å². The lowest BCUT2D eigenvalue weighted by Gasteiger charge is -2.41. The zero-order chi connectivity index (χ0) is 33.5. The Balaban J connectivity index is 1.37. The van der Waals surface area contributed by atoms with Crippen LogP contribution < -0.4 is 15.0 Å². The number of pyridine rings is 1. The molecule has 0 radical (unpaired) electrons. The number of anilines is 1. The van der Waals surface area contributed by atoms with Gasteiger partial charge in [-0.3, -0.25) is 14.7 Å². The number of nitrogens with one attached hydrogen (secondary N) is 1. The van der Waals surface area contributed by atoms with Crippen LogP contribution in [0.4, 0.5) is 14.6 Å². The molecule has 7 rings (SSSR count). The molecule has 2 aromatic heterocycles. The minimum atomic E-state index is -0.715. The number of aromatic nitrogens is 3. The van der Waals surface area contributed by atoms with E-state index < -0.39 is 17.2 Å². The number of hydrogen-bond donors (Lipinski definition) is 2. The van der Waals surface area contributed by atoms with E-state index in [1.165, 1.54) is 12.1 Å². The summed E-state index contributed by atoms with van der Waals surface area (Å²) >= 11 is 0. The fourth-order valence-corrected chi connectivity index (χ4v) is 8.18. The van der Waals surface area contributed by atoms with Crippen molar-refractivity contribution in [2.75, 3.05) is 51.4 Å². The van der Waals surface area contributed by atoms with E-state index in [-0.39, 0.29) is 34.1 Å². The van der Waals surface area contributed by atoms with Crippen LogP contribution in [0.5, 0.6) is 11.8 Å². The number of hydrogen-bond acceptors (Lipinski definition) is 9. The van der Waals surface area contributed by atoms with Crippen molar-refractivity contribution < 1.29 is 28.2 Å². The van der Waals surface area contributed by atoms with Gasteiger partial charge < -0.3 is 24.8 Å². The van der Waals surface area contributed by atoms with Crippen molar-refractivity contribution in [3.8, 4) is 23.0 Å². The average molecular weight is 661 g/mol. The van der Waals surface area contributed by atoms with Gasteiger partial charge in [0.05, 0.1) is 16.5 Å². The summed E-state index contributed by atoms with van der Waals surface area (Å²) < 4.78 is 43.9. The largest absolute Gasteiger partial charge is 0.508 e. The second kappa shape index (κ2) is 13.0. The number of phenols is 1. The van der Waals surface area contributed by atoms with Crippen molar-refractivity contribution in [2.45, 2.75) is 69.4 Å². The maximum atomic E-state index is 17.0. The lowest BCUT2D eigenvalue weighted by atomic mass is 9.91. The Kier molecular flexibility index (Phi) is 8.80. The van der Waals surface area contributed by atoms with Crippen LogP contribution in [-0.2, 0) is 16.0 Å². The number of aromatic hydroxyl groups is 1. The summed E-state index contributed by atoms with van der Waals surface area (Å²) in [5.74, 6) is -0.748. The Hall–Kier alpha value is -4.16. The Morgan fingerprint density at radius 1 is 1.08 bits per heavy atom. The van der Waals surface area contributed by atoms with E-state index in [1.54, 1.807) is 25.4 Å². The third-order valence-corrected chi connectivity index (χ3v) is 10.5. The molecule has 3 saturated heterocycles. The van der Waals surface area contributed by atoms with Gasteiger partial charge in [-0.25, -0.2) is 8.78 Å². The van der Waals surface area contributed by atoms with Crippen LogP contribution in [-0.4, -0.2) is 88.9 Å². The summed E-state index contributed by atoms with van der Waals surface area (Å²) in [6.45, 7) is 6.01. The van der Waals surface area contributed by atoms with Crippen molar-refractivity contribution >= 4 is 33.9 Å². The second-order valence-corrected chi connectivity index (χ2v) is 13.8. The normalized spacial score (nSPS) is 20.8. The highest BCUT2D eigenvalue weighted by Gasteiger charge is 2.45. The van der Waals surface area contributed by atoms with Crippen molar-refractivity contribution in [1.82, 2.24) is 25.2 Å². The summed E-state index contributed by atoms with van der Waals surface area (Å²) in [6.07, 6.45) is 9.04. The van der Waals surface area contributed by atoms with Crippen LogP contribution in [0.1, 0.15) is 57.4 Å². The SMILES string of the molecule is COCCCc1c(F)ccc2cc(O)cc(-c3ncc4c(N5CCCC(C)(NC=O)C5)nc(OCC56CCCN5CCC6)nc4c3F)c12. The monoisotopic (exact) mass is 660 g/mol. The first-order valence-corrected chi connectivity index (χ1v) is 16.9. The maximum Gasteiger partial charge on any atom is 0.319 e. The number of fused-ring (bicyclic) bond motifs is 3. The number of amides is 1. The van der Waals surface area contributed by atoms with E-state index in [1.807, 2.05) is 11.8 Å². The number of carbonyl (C=O) groups excluding carboxylic acids is 1. The van der Waals surface area contributed by atoms with Crippen LogP contribution in [0.15, 0.2) is 30.5 Å². The Morgan fingerprint density at radius 2 is 1.88 bits per heavy atom. The predicted octanol–water partition coefficient (Wildman–Crippen LogP) is 5.52. The number of halogens is 2. The molecule has 12 heteroatoms. The minimum absolute atomic E-state index is 0.0247. The summed E-state index contributed by atoms with van der Waals surface area (Å²) in [7, 11) is 1.59. The van der Waals surface area contributed by atoms with E-state index in [0.29, 0.717) is 73.1 Å². The first-order chi connectivity index (χ1) is 23.2. The van der Waals surface area contributed by atoms with Gasteiger partial charge in [0, 0.05) is 38.6 Å². The van der Waals surface area contributed by atoms with Crippen molar-refractivity contribution in [3.05, 3.63) is 47.7 Å². The zero-order valence-electron chi connectivity index (χ0n) is 27.5.